The minimum Gasteiger partial charge on any atom is -0.341 e. The third-order valence-electron chi connectivity index (χ3n) is 4.67. The molecular weight excluding hydrogens is 309 g/mol. The van der Waals surface area contributed by atoms with Gasteiger partial charge in [0.25, 0.3) is 0 Å². The molecule has 1 atom stereocenters. The van der Waals surface area contributed by atoms with E-state index < -0.39 is 5.54 Å². The van der Waals surface area contributed by atoms with Crippen molar-refractivity contribution >= 4 is 30.7 Å². The molecule has 1 unspecified atom stereocenters. The number of nitrogens with two attached hydrogens (primary N) is 1. The summed E-state index contributed by atoms with van der Waals surface area (Å²) in [7, 11) is 0. The maximum absolute atomic E-state index is 12.4. The number of carbonyl (C=O) groups is 1. The highest BCUT2D eigenvalue weighted by atomic mass is 35.5. The molecule has 6 heteroatoms. The molecule has 2 rings (SSSR count). The zero-order valence-corrected chi connectivity index (χ0v) is 15.0. The molecule has 0 aromatic heterocycles. The number of carbonyl (C=O) groups excluding carboxylic acids is 1. The van der Waals surface area contributed by atoms with Gasteiger partial charge in [-0.2, -0.15) is 0 Å². The standard InChI is InChI=1S/C15H29N3O.2ClH/c1-3-8-15(2,16)14(19)18-11-6-13(7-12-18)17-9-4-5-10-17;;/h13H,3-12,16H2,1-2H3;2*1H. The van der Waals surface area contributed by atoms with Gasteiger partial charge in [-0.25, -0.2) is 0 Å². The number of nitrogens with zero attached hydrogens (tertiary/aromatic N) is 2. The van der Waals surface area contributed by atoms with Gasteiger partial charge < -0.3 is 15.5 Å². The van der Waals surface area contributed by atoms with Crippen molar-refractivity contribution in [3.05, 3.63) is 0 Å². The van der Waals surface area contributed by atoms with Crippen molar-refractivity contribution in [2.24, 2.45) is 5.73 Å². The first kappa shape index (κ1) is 21.0. The van der Waals surface area contributed by atoms with Gasteiger partial charge in [-0.05, 0) is 52.1 Å². The second-order valence-electron chi connectivity index (χ2n) is 6.43. The fraction of sp³-hybridized carbons (Fsp3) is 0.933. The molecule has 2 aliphatic heterocycles. The first-order chi connectivity index (χ1) is 9.04. The molecule has 0 spiro atoms. The Morgan fingerprint density at radius 3 is 2.14 bits per heavy atom. The number of piperidine rings is 1. The monoisotopic (exact) mass is 339 g/mol. The lowest BCUT2D eigenvalue weighted by Gasteiger charge is -2.39. The summed E-state index contributed by atoms with van der Waals surface area (Å²) in [5.41, 5.74) is 5.49. The third kappa shape index (κ3) is 5.27. The molecule has 0 radical (unpaired) electrons. The van der Waals surface area contributed by atoms with Crippen LogP contribution in [0.1, 0.15) is 52.4 Å². The minimum absolute atomic E-state index is 0. The van der Waals surface area contributed by atoms with E-state index in [1.807, 2.05) is 11.8 Å². The molecule has 21 heavy (non-hydrogen) atoms. The van der Waals surface area contributed by atoms with Gasteiger partial charge in [0.15, 0.2) is 0 Å². The van der Waals surface area contributed by atoms with Gasteiger partial charge in [-0.15, -0.1) is 24.8 Å². The van der Waals surface area contributed by atoms with E-state index >= 15 is 0 Å². The predicted molar refractivity (Wildman–Crippen MR) is 92.4 cm³/mol. The highest BCUT2D eigenvalue weighted by Crippen LogP contribution is 2.23. The van der Waals surface area contributed by atoms with Crippen LogP contribution in [-0.4, -0.2) is 53.5 Å². The summed E-state index contributed by atoms with van der Waals surface area (Å²) in [4.78, 5) is 17.0. The van der Waals surface area contributed by atoms with Gasteiger partial charge in [0.1, 0.15) is 0 Å². The summed E-state index contributed by atoms with van der Waals surface area (Å²) in [5.74, 6) is 0.147. The molecule has 2 aliphatic rings. The summed E-state index contributed by atoms with van der Waals surface area (Å²) in [6, 6.07) is 0.696. The second kappa shape index (κ2) is 9.19. The van der Waals surface area contributed by atoms with Gasteiger partial charge in [0, 0.05) is 19.1 Å². The SMILES string of the molecule is CCCC(C)(N)C(=O)N1CCC(N2CCCC2)CC1.Cl.Cl. The molecule has 2 heterocycles. The van der Waals surface area contributed by atoms with Crippen LogP contribution in [0.4, 0.5) is 0 Å². The minimum atomic E-state index is -0.671. The number of likely N-dealkylation sites (tertiary alicyclic amines) is 2. The lowest BCUT2D eigenvalue weighted by Crippen LogP contribution is -2.56. The Morgan fingerprint density at radius 1 is 1.14 bits per heavy atom. The van der Waals surface area contributed by atoms with Gasteiger partial charge in [0.05, 0.1) is 5.54 Å². The van der Waals surface area contributed by atoms with Crippen LogP contribution in [0.15, 0.2) is 0 Å². The zero-order chi connectivity index (χ0) is 13.9. The number of rotatable bonds is 4. The topological polar surface area (TPSA) is 49.6 Å². The Kier molecular flexibility index (Phi) is 9.17. The average Bonchev–Trinajstić information content (AvgIpc) is 2.92. The zero-order valence-electron chi connectivity index (χ0n) is 13.3. The maximum Gasteiger partial charge on any atom is 0.242 e. The van der Waals surface area contributed by atoms with Crippen LogP contribution in [-0.2, 0) is 4.79 Å². The number of amides is 1. The molecule has 0 aliphatic carbocycles. The van der Waals surface area contributed by atoms with Crippen molar-refractivity contribution in [1.82, 2.24) is 9.80 Å². The van der Waals surface area contributed by atoms with Crippen molar-refractivity contribution in [2.45, 2.75) is 64.0 Å². The summed E-state index contributed by atoms with van der Waals surface area (Å²) in [5, 5.41) is 0. The fourth-order valence-corrected chi connectivity index (χ4v) is 3.53. The molecule has 126 valence electrons. The first-order valence-corrected chi connectivity index (χ1v) is 7.87. The Labute approximate surface area is 141 Å². The molecule has 2 fully saturated rings. The molecule has 2 N–H and O–H groups in total. The smallest absolute Gasteiger partial charge is 0.242 e. The van der Waals surface area contributed by atoms with Crippen molar-refractivity contribution in [1.29, 1.82) is 0 Å². The highest BCUT2D eigenvalue weighted by Gasteiger charge is 2.35. The van der Waals surface area contributed by atoms with E-state index in [9.17, 15) is 4.79 Å². The fourth-order valence-electron chi connectivity index (χ4n) is 3.53. The lowest BCUT2D eigenvalue weighted by atomic mass is 9.93. The van der Waals surface area contributed by atoms with Crippen molar-refractivity contribution < 1.29 is 4.79 Å². The first-order valence-electron chi connectivity index (χ1n) is 7.87. The van der Waals surface area contributed by atoms with E-state index in [1.165, 1.54) is 25.9 Å². The predicted octanol–water partition coefficient (Wildman–Crippen LogP) is 2.43. The number of hydrogen-bond donors (Lipinski definition) is 1. The summed E-state index contributed by atoms with van der Waals surface area (Å²) < 4.78 is 0. The van der Waals surface area contributed by atoms with E-state index in [1.54, 1.807) is 0 Å². The van der Waals surface area contributed by atoms with Crippen LogP contribution in [0.5, 0.6) is 0 Å². The highest BCUT2D eigenvalue weighted by molar-refractivity contribution is 5.86. The molecule has 1 amide bonds. The lowest BCUT2D eigenvalue weighted by molar-refractivity contribution is -0.138. The van der Waals surface area contributed by atoms with E-state index in [4.69, 9.17) is 5.73 Å². The maximum atomic E-state index is 12.4. The number of halogens is 2. The third-order valence-corrected chi connectivity index (χ3v) is 4.67. The largest absolute Gasteiger partial charge is 0.341 e. The summed E-state index contributed by atoms with van der Waals surface area (Å²) in [6.07, 6.45) is 6.66. The second-order valence-corrected chi connectivity index (χ2v) is 6.43. The number of hydrogen-bond acceptors (Lipinski definition) is 3. The molecule has 0 aromatic rings. The van der Waals surface area contributed by atoms with Crippen LogP contribution in [0.2, 0.25) is 0 Å². The van der Waals surface area contributed by atoms with Crippen LogP contribution >= 0.6 is 24.8 Å². The van der Waals surface area contributed by atoms with Gasteiger partial charge in [-0.1, -0.05) is 13.3 Å². The Hall–Kier alpha value is -0.0300. The van der Waals surface area contributed by atoms with Crippen LogP contribution in [0.25, 0.3) is 0 Å². The van der Waals surface area contributed by atoms with E-state index in [0.717, 1.165) is 38.8 Å². The molecule has 0 aromatic carbocycles. The molecule has 0 saturated carbocycles. The summed E-state index contributed by atoms with van der Waals surface area (Å²) >= 11 is 0. The van der Waals surface area contributed by atoms with E-state index in [-0.39, 0.29) is 30.7 Å². The molecule has 4 nitrogen and oxygen atoms in total. The molecular formula is C15H31Cl2N3O. The Balaban J connectivity index is 0.00000200. The van der Waals surface area contributed by atoms with Crippen LogP contribution in [0, 0.1) is 0 Å². The quantitative estimate of drug-likeness (QED) is 0.855. The van der Waals surface area contributed by atoms with Crippen LogP contribution in [0.3, 0.4) is 0 Å². The van der Waals surface area contributed by atoms with Gasteiger partial charge in [-0.3, -0.25) is 4.79 Å². The van der Waals surface area contributed by atoms with Gasteiger partial charge in [0.2, 0.25) is 5.91 Å². The average molecular weight is 340 g/mol. The molecule has 0 bridgehead atoms. The Morgan fingerprint density at radius 2 is 1.67 bits per heavy atom. The Bertz CT molecular complexity index is 312. The van der Waals surface area contributed by atoms with Gasteiger partial charge >= 0.3 is 0 Å². The normalized spacial score (nSPS) is 23.1. The summed E-state index contributed by atoms with van der Waals surface area (Å²) in [6.45, 7) is 8.24. The molecule has 2 saturated heterocycles. The van der Waals surface area contributed by atoms with Crippen LogP contribution < -0.4 is 5.73 Å². The van der Waals surface area contributed by atoms with Crippen molar-refractivity contribution in [3.8, 4) is 0 Å². The van der Waals surface area contributed by atoms with Crippen molar-refractivity contribution in [3.63, 3.8) is 0 Å². The van der Waals surface area contributed by atoms with Crippen molar-refractivity contribution in [2.75, 3.05) is 26.2 Å². The van der Waals surface area contributed by atoms with E-state index in [0.29, 0.717) is 6.04 Å². The van der Waals surface area contributed by atoms with E-state index in [2.05, 4.69) is 11.8 Å².